The molecule has 4 nitrogen and oxygen atoms in total. The Morgan fingerprint density at radius 1 is 1.30 bits per heavy atom. The minimum atomic E-state index is -0.641. The molecule has 0 aliphatic heterocycles. The molecule has 20 heavy (non-hydrogen) atoms. The highest BCUT2D eigenvalue weighted by atomic mass is 35.5. The number of hydrogen-bond donors (Lipinski definition) is 0. The van der Waals surface area contributed by atoms with Crippen LogP contribution in [0.5, 0.6) is 11.6 Å². The van der Waals surface area contributed by atoms with Crippen LogP contribution < -0.4 is 9.47 Å². The van der Waals surface area contributed by atoms with Gasteiger partial charge >= 0.3 is 0 Å². The minimum Gasteiger partial charge on any atom is -0.491 e. The van der Waals surface area contributed by atoms with Crippen LogP contribution in [0, 0.1) is 19.3 Å². The first kappa shape index (κ1) is 14.2. The number of nitrogens with zero attached hydrogens (tertiary/aromatic N) is 2. The maximum absolute atomic E-state index is 5.85. The molecule has 0 fully saturated rings. The van der Waals surface area contributed by atoms with E-state index in [2.05, 4.69) is 15.9 Å². The first-order chi connectivity index (χ1) is 9.63. The summed E-state index contributed by atoms with van der Waals surface area (Å²) in [4.78, 5) is 8.33. The van der Waals surface area contributed by atoms with Gasteiger partial charge in [0.15, 0.2) is 5.75 Å². The highest BCUT2D eigenvalue weighted by Gasteiger charge is 2.16. The monoisotopic (exact) mass is 288 g/mol. The van der Waals surface area contributed by atoms with E-state index in [0.29, 0.717) is 16.5 Å². The summed E-state index contributed by atoms with van der Waals surface area (Å²) in [6.45, 7) is 1.95. The molecule has 102 valence electrons. The Hall–Kier alpha value is -2.25. The van der Waals surface area contributed by atoms with Gasteiger partial charge < -0.3 is 9.47 Å². The Labute approximate surface area is 122 Å². The van der Waals surface area contributed by atoms with Crippen molar-refractivity contribution in [2.75, 3.05) is 7.11 Å². The number of rotatable bonds is 4. The molecule has 0 N–H and O–H groups in total. The summed E-state index contributed by atoms with van der Waals surface area (Å²) in [5, 5.41) is 0.458. The van der Waals surface area contributed by atoms with Crippen LogP contribution in [0.1, 0.15) is 17.4 Å². The van der Waals surface area contributed by atoms with Crippen LogP contribution >= 0.6 is 11.6 Å². The molecule has 2 heterocycles. The van der Waals surface area contributed by atoms with Gasteiger partial charge in [-0.25, -0.2) is 4.98 Å². The van der Waals surface area contributed by atoms with Gasteiger partial charge in [0.2, 0.25) is 6.10 Å². The summed E-state index contributed by atoms with van der Waals surface area (Å²) >= 11 is 5.85. The van der Waals surface area contributed by atoms with Crippen LogP contribution in [-0.4, -0.2) is 17.1 Å². The highest BCUT2D eigenvalue weighted by Crippen LogP contribution is 2.30. The summed E-state index contributed by atoms with van der Waals surface area (Å²) in [7, 11) is 1.51. The highest BCUT2D eigenvalue weighted by molar-refractivity contribution is 6.30. The average Bonchev–Trinajstić information content (AvgIpc) is 2.47. The predicted molar refractivity (Wildman–Crippen MR) is 77.0 cm³/mol. The number of ether oxygens (including phenoxy) is 2. The minimum absolute atomic E-state index is 0.280. The first-order valence-corrected chi connectivity index (χ1v) is 6.26. The molecule has 0 aliphatic carbocycles. The lowest BCUT2D eigenvalue weighted by atomic mass is 10.2. The van der Waals surface area contributed by atoms with Crippen molar-refractivity contribution in [3.05, 3.63) is 46.9 Å². The second-order valence-corrected chi connectivity index (χ2v) is 4.52. The topological polar surface area (TPSA) is 44.2 Å². The van der Waals surface area contributed by atoms with Crippen LogP contribution in [0.2, 0.25) is 5.02 Å². The van der Waals surface area contributed by atoms with Crippen molar-refractivity contribution in [2.24, 2.45) is 0 Å². The fraction of sp³-hybridized carbons (Fsp3) is 0.200. The molecule has 0 saturated heterocycles. The van der Waals surface area contributed by atoms with E-state index in [0.717, 1.165) is 5.56 Å². The molecule has 2 aromatic heterocycles. The smallest absolute Gasteiger partial charge is 0.258 e. The largest absolute Gasteiger partial charge is 0.491 e. The number of aryl methyl sites for hydroxylation is 1. The molecule has 5 heteroatoms. The van der Waals surface area contributed by atoms with E-state index in [1.54, 1.807) is 12.3 Å². The lowest BCUT2D eigenvalue weighted by molar-refractivity contribution is 0.235. The van der Waals surface area contributed by atoms with E-state index in [1.807, 2.05) is 19.1 Å². The number of hydrogen-bond acceptors (Lipinski definition) is 4. The molecule has 2 rings (SSSR count). The van der Waals surface area contributed by atoms with E-state index < -0.39 is 6.10 Å². The van der Waals surface area contributed by atoms with Crippen molar-refractivity contribution in [2.45, 2.75) is 13.0 Å². The molecule has 0 radical (unpaired) electrons. The number of halogens is 1. The quantitative estimate of drug-likeness (QED) is 0.811. The van der Waals surface area contributed by atoms with Gasteiger partial charge in [0.1, 0.15) is 0 Å². The fourth-order valence-electron chi connectivity index (χ4n) is 1.57. The standard InChI is InChI=1S/C15H13ClN2O2/c1-4-13(12-6-5-10(2)8-17-12)20-15-14(19-3)7-11(16)9-18-15/h1,5-9,13H,2-3H3. The third kappa shape index (κ3) is 3.19. The number of pyridine rings is 2. The van der Waals surface area contributed by atoms with E-state index in [-0.39, 0.29) is 5.88 Å². The zero-order valence-corrected chi connectivity index (χ0v) is 11.9. The molecule has 1 unspecified atom stereocenters. The molecule has 1 atom stereocenters. The molecule has 0 bridgehead atoms. The van der Waals surface area contributed by atoms with Crippen molar-refractivity contribution >= 4 is 11.6 Å². The molecular weight excluding hydrogens is 276 g/mol. The van der Waals surface area contributed by atoms with Crippen molar-refractivity contribution in [3.8, 4) is 24.0 Å². The van der Waals surface area contributed by atoms with E-state index >= 15 is 0 Å². The van der Waals surface area contributed by atoms with Crippen LogP contribution in [0.4, 0.5) is 0 Å². The first-order valence-electron chi connectivity index (χ1n) is 5.89. The van der Waals surface area contributed by atoms with Gasteiger partial charge in [0, 0.05) is 18.5 Å². The zero-order chi connectivity index (χ0) is 14.5. The average molecular weight is 289 g/mol. The Kier molecular flexibility index (Phi) is 4.44. The van der Waals surface area contributed by atoms with Gasteiger partial charge in [0.05, 0.1) is 17.8 Å². The maximum atomic E-state index is 5.85. The van der Waals surface area contributed by atoms with Gasteiger partial charge in [-0.05, 0) is 18.6 Å². The molecule has 0 aliphatic rings. The van der Waals surface area contributed by atoms with Crippen LogP contribution in [0.25, 0.3) is 0 Å². The van der Waals surface area contributed by atoms with Gasteiger partial charge in [-0.3, -0.25) is 4.98 Å². The predicted octanol–water partition coefficient (Wildman–Crippen LogP) is 3.20. The van der Waals surface area contributed by atoms with E-state index in [4.69, 9.17) is 27.5 Å². The second-order valence-electron chi connectivity index (χ2n) is 4.09. The summed E-state index contributed by atoms with van der Waals surface area (Å²) in [5.74, 6) is 3.24. The Balaban J connectivity index is 2.27. The van der Waals surface area contributed by atoms with Gasteiger partial charge in [-0.15, -0.1) is 6.42 Å². The number of terminal acetylenes is 1. The fourth-order valence-corrected chi connectivity index (χ4v) is 1.72. The van der Waals surface area contributed by atoms with E-state index in [9.17, 15) is 0 Å². The normalized spacial score (nSPS) is 11.5. The molecule has 2 aromatic rings. The molecule has 0 amide bonds. The van der Waals surface area contributed by atoms with Gasteiger partial charge in [0.25, 0.3) is 5.88 Å². The summed E-state index contributed by atoms with van der Waals surface area (Å²) in [5.41, 5.74) is 1.68. The Morgan fingerprint density at radius 3 is 2.70 bits per heavy atom. The molecule has 0 aromatic carbocycles. The zero-order valence-electron chi connectivity index (χ0n) is 11.1. The lowest BCUT2D eigenvalue weighted by Crippen LogP contribution is -2.09. The Morgan fingerprint density at radius 2 is 2.10 bits per heavy atom. The van der Waals surface area contributed by atoms with Crippen molar-refractivity contribution in [1.29, 1.82) is 0 Å². The molecular formula is C15H13ClN2O2. The summed E-state index contributed by atoms with van der Waals surface area (Å²) < 4.78 is 10.8. The third-order valence-corrected chi connectivity index (χ3v) is 2.80. The molecule has 0 saturated carbocycles. The van der Waals surface area contributed by atoms with Crippen molar-refractivity contribution in [1.82, 2.24) is 9.97 Å². The lowest BCUT2D eigenvalue weighted by Gasteiger charge is -2.14. The maximum Gasteiger partial charge on any atom is 0.258 e. The molecule has 0 spiro atoms. The SMILES string of the molecule is C#CC(Oc1ncc(Cl)cc1OC)c1ccc(C)cn1. The van der Waals surface area contributed by atoms with Crippen LogP contribution in [-0.2, 0) is 0 Å². The second kappa shape index (κ2) is 6.27. The van der Waals surface area contributed by atoms with Crippen molar-refractivity contribution < 1.29 is 9.47 Å². The third-order valence-electron chi connectivity index (χ3n) is 2.59. The van der Waals surface area contributed by atoms with Gasteiger partial charge in [-0.2, -0.15) is 0 Å². The number of aromatic nitrogens is 2. The van der Waals surface area contributed by atoms with Crippen LogP contribution in [0.15, 0.2) is 30.6 Å². The number of methoxy groups -OCH3 is 1. The van der Waals surface area contributed by atoms with E-state index in [1.165, 1.54) is 13.3 Å². The summed E-state index contributed by atoms with van der Waals surface area (Å²) in [6, 6.07) is 5.35. The van der Waals surface area contributed by atoms with Crippen LogP contribution in [0.3, 0.4) is 0 Å². The summed E-state index contributed by atoms with van der Waals surface area (Å²) in [6.07, 6.45) is 8.06. The Bertz CT molecular complexity index is 635. The van der Waals surface area contributed by atoms with Gasteiger partial charge in [-0.1, -0.05) is 23.6 Å². The van der Waals surface area contributed by atoms with Crippen molar-refractivity contribution in [3.63, 3.8) is 0 Å².